The third-order valence-electron chi connectivity index (χ3n) is 6.54. The quantitative estimate of drug-likeness (QED) is 0.386. The van der Waals surface area contributed by atoms with Crippen molar-refractivity contribution in [1.29, 1.82) is 0 Å². The molecule has 8 nitrogen and oxygen atoms in total. The molecule has 1 N–H and O–H groups in total. The number of anilines is 1. The van der Waals surface area contributed by atoms with Gasteiger partial charge in [0.05, 0.1) is 13.7 Å². The topological polar surface area (TPSA) is 89.9 Å². The number of amides is 2. The van der Waals surface area contributed by atoms with Crippen LogP contribution in [-0.4, -0.2) is 48.1 Å². The van der Waals surface area contributed by atoms with Crippen LogP contribution < -0.4 is 25.2 Å². The number of aryl methyl sites for hydroxylation is 1. The van der Waals surface area contributed by atoms with Crippen LogP contribution in [0.4, 0.5) is 18.9 Å². The second-order valence-electron chi connectivity index (χ2n) is 9.53. The van der Waals surface area contributed by atoms with E-state index < -0.39 is 41.4 Å². The number of alkyl halides is 3. The number of hydrogen-bond acceptors (Lipinski definition) is 5. The first-order valence-electron chi connectivity index (χ1n) is 12.4. The standard InChI is InChI=1S/C28H29F3N3O5P/c1-16-12-13-33(15-22(29)40)27(37)24(16)34-14-21(17-4-8-19(38-3)9-5-17)23(26(34)36)32-25(35)18-6-10-20(11-7-18)39-28(2,30)31/h4-13,21-23H,14-15,40H2,1-3H3,(H,32,35)/t21-,22?,23-/m0/s1. The summed E-state index contributed by atoms with van der Waals surface area (Å²) in [6, 6.07) is 12.7. The van der Waals surface area contributed by atoms with Gasteiger partial charge in [-0.25, -0.2) is 4.39 Å². The number of rotatable bonds is 9. The van der Waals surface area contributed by atoms with E-state index in [1.807, 2.05) is 9.24 Å². The molecule has 1 aliphatic rings. The fraction of sp³-hybridized carbons (Fsp3) is 0.321. The Bertz CT molecular complexity index is 1440. The highest BCUT2D eigenvalue weighted by Crippen LogP contribution is 2.33. The second kappa shape index (κ2) is 11.7. The van der Waals surface area contributed by atoms with Crippen LogP contribution in [0.1, 0.15) is 34.3 Å². The van der Waals surface area contributed by atoms with E-state index in [0.717, 1.165) is 5.56 Å². The van der Waals surface area contributed by atoms with Crippen molar-refractivity contribution in [2.45, 2.75) is 44.4 Å². The molecule has 2 aromatic carbocycles. The number of pyridine rings is 1. The van der Waals surface area contributed by atoms with Crippen molar-refractivity contribution in [3.63, 3.8) is 0 Å². The minimum Gasteiger partial charge on any atom is -0.497 e. The zero-order valence-corrected chi connectivity index (χ0v) is 23.2. The normalized spacial score (nSPS) is 18.0. The van der Waals surface area contributed by atoms with Crippen molar-refractivity contribution in [2.75, 3.05) is 18.6 Å². The molecule has 1 aromatic heterocycles. The number of halogens is 3. The predicted octanol–water partition coefficient (Wildman–Crippen LogP) is 4.26. The molecule has 40 heavy (non-hydrogen) atoms. The fourth-order valence-electron chi connectivity index (χ4n) is 4.66. The summed E-state index contributed by atoms with van der Waals surface area (Å²) >= 11 is 0. The highest BCUT2D eigenvalue weighted by Gasteiger charge is 2.44. The zero-order valence-electron chi connectivity index (χ0n) is 22.1. The molecule has 0 aliphatic carbocycles. The van der Waals surface area contributed by atoms with Gasteiger partial charge in [0.2, 0.25) is 5.91 Å². The number of methoxy groups -OCH3 is 1. The van der Waals surface area contributed by atoms with Crippen molar-refractivity contribution >= 4 is 26.7 Å². The van der Waals surface area contributed by atoms with Crippen LogP contribution in [0.15, 0.2) is 65.6 Å². The number of hydrogen-bond donors (Lipinski definition) is 1. The first-order valence-corrected chi connectivity index (χ1v) is 13.1. The highest BCUT2D eigenvalue weighted by molar-refractivity contribution is 7.17. The van der Waals surface area contributed by atoms with Gasteiger partial charge in [-0.15, -0.1) is 0 Å². The van der Waals surface area contributed by atoms with Crippen LogP contribution in [0, 0.1) is 6.92 Å². The maximum atomic E-state index is 13.8. The summed E-state index contributed by atoms with van der Waals surface area (Å²) in [5.41, 5.74) is 0.952. The number of nitrogens with one attached hydrogen (secondary N) is 1. The van der Waals surface area contributed by atoms with Gasteiger partial charge in [0.15, 0.2) is 0 Å². The Balaban J connectivity index is 1.67. The minimum absolute atomic E-state index is 0.0779. The monoisotopic (exact) mass is 575 g/mol. The van der Waals surface area contributed by atoms with Gasteiger partial charge in [0.25, 0.3) is 11.5 Å². The molecular weight excluding hydrogens is 546 g/mol. The Kier molecular flexibility index (Phi) is 8.54. The van der Waals surface area contributed by atoms with Crippen LogP contribution in [0.5, 0.6) is 11.5 Å². The van der Waals surface area contributed by atoms with Crippen LogP contribution >= 0.6 is 9.24 Å². The number of carbonyl (C=O) groups is 2. The lowest BCUT2D eigenvalue weighted by Gasteiger charge is -2.20. The van der Waals surface area contributed by atoms with Crippen LogP contribution in [-0.2, 0) is 11.3 Å². The number of ether oxygens (including phenoxy) is 2. The molecule has 4 atom stereocenters. The highest BCUT2D eigenvalue weighted by atomic mass is 31.0. The van der Waals surface area contributed by atoms with E-state index in [9.17, 15) is 27.6 Å². The lowest BCUT2D eigenvalue weighted by Crippen LogP contribution is -2.44. The molecular formula is C28H29F3N3O5P. The Morgan fingerprint density at radius 3 is 2.30 bits per heavy atom. The second-order valence-corrected chi connectivity index (χ2v) is 10.3. The Morgan fingerprint density at radius 1 is 1.10 bits per heavy atom. The molecule has 0 radical (unpaired) electrons. The molecule has 1 aliphatic heterocycles. The first kappa shape index (κ1) is 29.1. The van der Waals surface area contributed by atoms with Gasteiger partial charge in [-0.2, -0.15) is 8.78 Å². The van der Waals surface area contributed by atoms with E-state index in [2.05, 4.69) is 10.1 Å². The molecule has 2 unspecified atom stereocenters. The van der Waals surface area contributed by atoms with E-state index in [-0.39, 0.29) is 30.1 Å². The molecule has 2 heterocycles. The van der Waals surface area contributed by atoms with Crippen LogP contribution in [0.2, 0.25) is 0 Å². The van der Waals surface area contributed by atoms with Gasteiger partial charge >= 0.3 is 6.11 Å². The fourth-order valence-corrected chi connectivity index (χ4v) is 4.89. The molecule has 0 saturated carbocycles. The smallest absolute Gasteiger partial charge is 0.394 e. The Morgan fingerprint density at radius 2 is 1.73 bits per heavy atom. The van der Waals surface area contributed by atoms with Gasteiger partial charge in [0, 0.05) is 31.1 Å². The maximum Gasteiger partial charge on any atom is 0.394 e. The molecule has 212 valence electrons. The third-order valence-corrected chi connectivity index (χ3v) is 6.75. The molecule has 4 rings (SSSR count). The summed E-state index contributed by atoms with van der Waals surface area (Å²) < 4.78 is 50.9. The van der Waals surface area contributed by atoms with Gasteiger partial charge in [-0.1, -0.05) is 21.4 Å². The van der Waals surface area contributed by atoms with E-state index in [0.29, 0.717) is 18.2 Å². The number of benzene rings is 2. The van der Waals surface area contributed by atoms with Crippen molar-refractivity contribution < 1.29 is 32.2 Å². The van der Waals surface area contributed by atoms with Gasteiger partial charge in [-0.3, -0.25) is 14.4 Å². The summed E-state index contributed by atoms with van der Waals surface area (Å²) in [5, 5.41) is 2.75. The molecule has 12 heteroatoms. The molecule has 1 fully saturated rings. The SMILES string of the molecule is COc1ccc([C@@H]2CN(c3c(C)ccn(CC(F)P)c3=O)C(=O)[C@H]2NC(=O)c2ccc(OC(C)(F)F)cc2)cc1. The Hall–Kier alpha value is -3.85. The van der Waals surface area contributed by atoms with Crippen molar-refractivity contribution in [1.82, 2.24) is 9.88 Å². The van der Waals surface area contributed by atoms with Gasteiger partial charge < -0.3 is 24.3 Å². The Labute approximate surface area is 231 Å². The molecule has 1 saturated heterocycles. The van der Waals surface area contributed by atoms with Gasteiger partial charge in [-0.05, 0) is 60.5 Å². The first-order chi connectivity index (χ1) is 18.9. The van der Waals surface area contributed by atoms with Gasteiger partial charge in [0.1, 0.15) is 29.1 Å². The lowest BCUT2D eigenvalue weighted by molar-refractivity contribution is -0.158. The van der Waals surface area contributed by atoms with Crippen LogP contribution in [0.3, 0.4) is 0 Å². The third kappa shape index (κ3) is 6.47. The van der Waals surface area contributed by atoms with Crippen molar-refractivity contribution in [3.05, 3.63) is 87.8 Å². The lowest BCUT2D eigenvalue weighted by atomic mass is 9.93. The van der Waals surface area contributed by atoms with E-state index >= 15 is 0 Å². The van der Waals surface area contributed by atoms with E-state index in [1.165, 1.54) is 47.0 Å². The number of aromatic nitrogens is 1. The molecule has 0 bridgehead atoms. The largest absolute Gasteiger partial charge is 0.497 e. The number of nitrogens with zero attached hydrogens (tertiary/aromatic N) is 2. The molecule has 3 aromatic rings. The average molecular weight is 576 g/mol. The number of carbonyl (C=O) groups excluding carboxylic acids is 2. The van der Waals surface area contributed by atoms with Crippen LogP contribution in [0.25, 0.3) is 0 Å². The summed E-state index contributed by atoms with van der Waals surface area (Å²) in [4.78, 5) is 41.6. The molecule has 2 amide bonds. The summed E-state index contributed by atoms with van der Waals surface area (Å²) in [6.45, 7) is 2.16. The zero-order chi connectivity index (χ0) is 29.2. The van der Waals surface area contributed by atoms with Crippen molar-refractivity contribution in [3.8, 4) is 11.5 Å². The minimum atomic E-state index is -3.38. The molecule has 0 spiro atoms. The maximum absolute atomic E-state index is 13.8. The predicted molar refractivity (Wildman–Crippen MR) is 147 cm³/mol. The van der Waals surface area contributed by atoms with E-state index in [4.69, 9.17) is 4.74 Å². The average Bonchev–Trinajstić information content (AvgIpc) is 3.20. The van der Waals surface area contributed by atoms with E-state index in [1.54, 1.807) is 37.3 Å². The summed E-state index contributed by atoms with van der Waals surface area (Å²) in [7, 11) is 3.51. The van der Waals surface area contributed by atoms with Crippen molar-refractivity contribution in [2.24, 2.45) is 0 Å². The summed E-state index contributed by atoms with van der Waals surface area (Å²) in [6.07, 6.45) is -1.91. The summed E-state index contributed by atoms with van der Waals surface area (Å²) in [5.74, 6) is -2.56.